The zero-order chi connectivity index (χ0) is 18.1. The van der Waals surface area contributed by atoms with Crippen molar-refractivity contribution in [3.05, 3.63) is 51.5 Å². The zero-order valence-electron chi connectivity index (χ0n) is 12.7. The molecule has 24 heavy (non-hydrogen) atoms. The molecule has 1 atom stereocenters. The Morgan fingerprint density at radius 2 is 2.00 bits per heavy atom. The lowest BCUT2D eigenvalue weighted by Gasteiger charge is -2.11. The summed E-state index contributed by atoms with van der Waals surface area (Å²) in [6.07, 6.45) is -1.21. The first-order valence-corrected chi connectivity index (χ1v) is 8.47. The maximum atomic E-state index is 12.3. The number of nitrogens with two attached hydrogens (primary N) is 1. The maximum Gasteiger partial charge on any atom is 0.347 e. The Bertz CT molecular complexity index is 890. The van der Waals surface area contributed by atoms with Gasteiger partial charge in [0, 0.05) is 0 Å². The predicted molar refractivity (Wildman–Crippen MR) is 89.0 cm³/mol. The van der Waals surface area contributed by atoms with Crippen LogP contribution in [-0.4, -0.2) is 28.3 Å². The van der Waals surface area contributed by atoms with E-state index in [0.717, 1.165) is 5.56 Å². The molecule has 1 aromatic carbocycles. The van der Waals surface area contributed by atoms with Crippen LogP contribution in [0.2, 0.25) is 0 Å². The van der Waals surface area contributed by atoms with Crippen molar-refractivity contribution in [2.45, 2.75) is 24.8 Å². The molecule has 9 nitrogen and oxygen atoms in total. The molecular formula is C13H14N4O5S2. The number of H-pyrrole nitrogens is 1. The van der Waals surface area contributed by atoms with Crippen LogP contribution in [0.15, 0.2) is 29.2 Å². The van der Waals surface area contributed by atoms with Crippen LogP contribution in [0.1, 0.15) is 30.1 Å². The van der Waals surface area contributed by atoms with Crippen molar-refractivity contribution in [2.24, 2.45) is 5.73 Å². The average molecular weight is 370 g/mol. The van der Waals surface area contributed by atoms with Crippen molar-refractivity contribution >= 4 is 33.1 Å². The second kappa shape index (κ2) is 6.63. The van der Waals surface area contributed by atoms with Gasteiger partial charge in [0.05, 0.1) is 4.90 Å². The molecule has 0 aliphatic heterocycles. The van der Waals surface area contributed by atoms with Crippen LogP contribution in [-0.2, 0) is 14.3 Å². The van der Waals surface area contributed by atoms with Crippen LogP contribution in [0.25, 0.3) is 0 Å². The molecule has 0 spiro atoms. The number of hydrogen-bond acceptors (Lipinski definition) is 7. The van der Waals surface area contributed by atoms with Crippen LogP contribution in [0.3, 0.4) is 0 Å². The Hall–Kier alpha value is -2.37. The third-order valence-corrected chi connectivity index (χ3v) is 4.68. The summed E-state index contributed by atoms with van der Waals surface area (Å²) < 4.78 is 29.6. The van der Waals surface area contributed by atoms with Crippen molar-refractivity contribution in [3.8, 4) is 0 Å². The molecule has 1 unspecified atom stereocenters. The lowest BCUT2D eigenvalue weighted by atomic mass is 10.2. The number of rotatable bonds is 6. The molecule has 2 rings (SSSR count). The fourth-order valence-electron chi connectivity index (χ4n) is 1.91. The third-order valence-electron chi connectivity index (χ3n) is 3.09. The van der Waals surface area contributed by atoms with E-state index in [-0.39, 0.29) is 21.4 Å². The van der Waals surface area contributed by atoms with Crippen LogP contribution in [0.4, 0.5) is 5.82 Å². The van der Waals surface area contributed by atoms with Gasteiger partial charge in [0.15, 0.2) is 10.7 Å². The highest BCUT2D eigenvalue weighted by molar-refractivity contribution is 7.86. The van der Waals surface area contributed by atoms with E-state index < -0.39 is 27.0 Å². The number of nitro groups is 1. The average Bonchev–Trinajstić information content (AvgIpc) is 2.93. The molecule has 0 radical (unpaired) electrons. The van der Waals surface area contributed by atoms with Crippen molar-refractivity contribution in [2.75, 3.05) is 0 Å². The molecule has 0 saturated heterocycles. The van der Waals surface area contributed by atoms with Gasteiger partial charge in [0.2, 0.25) is 0 Å². The standard InChI is InChI=1S/C13H14N4O5S2/c1-7-3-5-9(6-4-7)24(20,21)22-8(2)10-13(17(18)19)16-12(15-10)11(14)23/h3-6,8H,1-2H3,(H2,14,23)(H,15,16). The van der Waals surface area contributed by atoms with Crippen LogP contribution in [0, 0.1) is 17.0 Å². The second-order valence-electron chi connectivity index (χ2n) is 4.95. The summed E-state index contributed by atoms with van der Waals surface area (Å²) in [5.41, 5.74) is 6.06. The van der Waals surface area contributed by atoms with Crippen LogP contribution >= 0.6 is 12.2 Å². The topological polar surface area (TPSA) is 141 Å². The fourth-order valence-corrected chi connectivity index (χ4v) is 3.06. The highest BCUT2D eigenvalue weighted by atomic mass is 32.2. The van der Waals surface area contributed by atoms with Gasteiger partial charge in [-0.15, -0.1) is 0 Å². The SMILES string of the molecule is Cc1ccc(S(=O)(=O)OC(C)c2nc(C(N)=S)[nH]c2[N+](=O)[O-])cc1. The quantitative estimate of drug-likeness (QED) is 0.339. The molecular weight excluding hydrogens is 356 g/mol. The monoisotopic (exact) mass is 370 g/mol. The van der Waals surface area contributed by atoms with E-state index in [1.165, 1.54) is 19.1 Å². The van der Waals surface area contributed by atoms with Crippen molar-refractivity contribution in [3.63, 3.8) is 0 Å². The van der Waals surface area contributed by atoms with Gasteiger partial charge >= 0.3 is 5.82 Å². The van der Waals surface area contributed by atoms with E-state index in [9.17, 15) is 18.5 Å². The Kier molecular flexibility index (Phi) is 4.96. The number of aryl methyl sites for hydroxylation is 1. The molecule has 0 bridgehead atoms. The number of imidazole rings is 1. The first-order valence-electron chi connectivity index (χ1n) is 6.66. The molecule has 0 saturated carbocycles. The highest BCUT2D eigenvalue weighted by Crippen LogP contribution is 2.28. The number of benzene rings is 1. The molecule has 1 aromatic heterocycles. The molecule has 0 aliphatic rings. The number of nitrogens with one attached hydrogen (secondary N) is 1. The summed E-state index contributed by atoms with van der Waals surface area (Å²) >= 11 is 4.71. The molecule has 0 amide bonds. The Labute approximate surface area is 143 Å². The first kappa shape index (κ1) is 18.0. The van der Waals surface area contributed by atoms with Crippen molar-refractivity contribution < 1.29 is 17.5 Å². The molecule has 0 fully saturated rings. The van der Waals surface area contributed by atoms with Gasteiger partial charge in [-0.2, -0.15) is 8.42 Å². The van der Waals surface area contributed by atoms with E-state index in [0.29, 0.717) is 0 Å². The number of thiocarbonyl (C=S) groups is 1. The second-order valence-corrected chi connectivity index (χ2v) is 6.96. The van der Waals surface area contributed by atoms with Gasteiger partial charge in [0.1, 0.15) is 6.10 Å². The summed E-state index contributed by atoms with van der Waals surface area (Å²) in [5, 5.41) is 11.1. The smallest absolute Gasteiger partial charge is 0.347 e. The van der Waals surface area contributed by atoms with E-state index in [4.69, 9.17) is 22.1 Å². The fraction of sp³-hybridized carbons (Fsp3) is 0.231. The van der Waals surface area contributed by atoms with Crippen molar-refractivity contribution in [1.29, 1.82) is 0 Å². The van der Waals surface area contributed by atoms with Crippen LogP contribution < -0.4 is 5.73 Å². The summed E-state index contributed by atoms with van der Waals surface area (Å²) in [4.78, 5) is 16.3. The molecule has 128 valence electrons. The van der Waals surface area contributed by atoms with Gasteiger partial charge in [0.25, 0.3) is 15.9 Å². The zero-order valence-corrected chi connectivity index (χ0v) is 14.3. The summed E-state index contributed by atoms with van der Waals surface area (Å²) in [5.74, 6) is -0.612. The van der Waals surface area contributed by atoms with Gasteiger partial charge in [-0.05, 0) is 30.9 Å². The summed E-state index contributed by atoms with van der Waals surface area (Å²) in [7, 11) is -4.12. The molecule has 0 aliphatic carbocycles. The minimum absolute atomic E-state index is 0.0623. The van der Waals surface area contributed by atoms with E-state index in [1.807, 2.05) is 6.92 Å². The van der Waals surface area contributed by atoms with Gasteiger partial charge in [-0.25, -0.2) is 9.97 Å². The minimum Gasteiger partial charge on any atom is -0.385 e. The lowest BCUT2D eigenvalue weighted by molar-refractivity contribution is -0.390. The number of aromatic nitrogens is 2. The van der Waals surface area contributed by atoms with Gasteiger partial charge in [-0.1, -0.05) is 29.9 Å². The molecule has 2 aromatic rings. The predicted octanol–water partition coefficient (Wildman–Crippen LogP) is 1.73. The van der Waals surface area contributed by atoms with Crippen molar-refractivity contribution in [1.82, 2.24) is 9.97 Å². The number of aromatic amines is 1. The first-order chi connectivity index (χ1) is 11.1. The van der Waals surface area contributed by atoms with E-state index in [1.54, 1.807) is 12.1 Å². The maximum absolute atomic E-state index is 12.3. The van der Waals surface area contributed by atoms with Gasteiger partial charge < -0.3 is 15.8 Å². The number of hydrogen-bond donors (Lipinski definition) is 2. The summed E-state index contributed by atoms with van der Waals surface area (Å²) in [6.45, 7) is 3.14. The van der Waals surface area contributed by atoms with Gasteiger partial charge in [-0.3, -0.25) is 4.18 Å². The van der Waals surface area contributed by atoms with Crippen LogP contribution in [0.5, 0.6) is 0 Å². The largest absolute Gasteiger partial charge is 0.385 e. The summed E-state index contributed by atoms with van der Waals surface area (Å²) in [6, 6.07) is 6.00. The molecule has 11 heteroatoms. The normalized spacial score (nSPS) is 12.8. The van der Waals surface area contributed by atoms with E-state index >= 15 is 0 Å². The molecule has 3 N–H and O–H groups in total. The molecule has 1 heterocycles. The third kappa shape index (κ3) is 3.75. The Balaban J connectivity index is 2.35. The Morgan fingerprint density at radius 1 is 1.42 bits per heavy atom. The lowest BCUT2D eigenvalue weighted by Crippen LogP contribution is -2.13. The minimum atomic E-state index is -4.12. The number of nitrogens with zero attached hydrogens (tertiary/aromatic N) is 2. The Morgan fingerprint density at radius 3 is 2.50 bits per heavy atom. The van der Waals surface area contributed by atoms with E-state index in [2.05, 4.69) is 9.97 Å². The highest BCUT2D eigenvalue weighted by Gasteiger charge is 2.30.